The molecular formula is C8H12N2O3. The average molecular weight is 184 g/mol. The van der Waals surface area contributed by atoms with Crippen molar-refractivity contribution in [1.82, 2.24) is 0 Å². The molecule has 0 radical (unpaired) electrons. The predicted octanol–water partition coefficient (Wildman–Crippen LogP) is 0.492. The molecule has 0 heterocycles. The van der Waals surface area contributed by atoms with Crippen molar-refractivity contribution in [3.63, 3.8) is 0 Å². The van der Waals surface area contributed by atoms with Gasteiger partial charge in [-0.15, -0.1) is 0 Å². The molecule has 3 N–H and O–H groups in total. The van der Waals surface area contributed by atoms with Crippen LogP contribution in [0.4, 0.5) is 0 Å². The first-order valence-corrected chi connectivity index (χ1v) is 3.46. The third kappa shape index (κ3) is 4.62. The summed E-state index contributed by atoms with van der Waals surface area (Å²) >= 11 is 0. The third-order valence-corrected chi connectivity index (χ3v) is 1.01. The number of carbonyl (C=O) groups is 1. The van der Waals surface area contributed by atoms with Gasteiger partial charge in [-0.3, -0.25) is 0 Å². The molecule has 0 amide bonds. The maximum absolute atomic E-state index is 11.0. The Kier molecular flexibility index (Phi) is 4.29. The number of methoxy groups -OCH3 is 1. The third-order valence-electron chi connectivity index (χ3n) is 1.01. The average Bonchev–Trinajstić information content (AvgIpc) is 2.00. The van der Waals surface area contributed by atoms with Crippen LogP contribution in [-0.2, 0) is 9.53 Å². The molecule has 0 saturated carbocycles. The van der Waals surface area contributed by atoms with Gasteiger partial charge in [0.2, 0.25) is 5.88 Å². The Balaban J connectivity index is 4.87. The minimum absolute atomic E-state index is 0.0880. The summed E-state index contributed by atoms with van der Waals surface area (Å²) in [5.74, 6) is -1.15. The second-order valence-electron chi connectivity index (χ2n) is 2.29. The number of hydrogen-bond acceptors (Lipinski definition) is 5. The summed E-state index contributed by atoms with van der Waals surface area (Å²) in [7, 11) is 1.21. The number of aliphatic hydroxyl groups excluding tert-OH is 1. The normalized spacial score (nSPS) is 12.5. The Morgan fingerprint density at radius 3 is 2.54 bits per heavy atom. The van der Waals surface area contributed by atoms with E-state index in [9.17, 15) is 4.79 Å². The van der Waals surface area contributed by atoms with Crippen LogP contribution in [0.2, 0.25) is 0 Å². The zero-order valence-corrected chi connectivity index (χ0v) is 7.57. The number of aliphatic hydroxyl groups is 1. The standard InChI is InChI=1S/C8H12N2O3/c1-5(9)4-7(8(12)13-3)10-6(2)11/h4,11H,2,9H2,1,3H3/b5-4-,10-7+. The lowest BCUT2D eigenvalue weighted by Gasteiger charge is -1.99. The van der Waals surface area contributed by atoms with Crippen molar-refractivity contribution in [1.29, 1.82) is 0 Å². The SMILES string of the molecule is C=C(O)/N=C(\C=C(\C)N)C(=O)OC. The minimum atomic E-state index is -0.681. The second kappa shape index (κ2) is 4.97. The van der Waals surface area contributed by atoms with E-state index in [4.69, 9.17) is 10.8 Å². The van der Waals surface area contributed by atoms with Gasteiger partial charge < -0.3 is 15.6 Å². The Labute approximate surface area is 76.2 Å². The molecule has 5 heteroatoms. The zero-order valence-electron chi connectivity index (χ0n) is 7.57. The van der Waals surface area contributed by atoms with E-state index in [0.717, 1.165) is 0 Å². The van der Waals surface area contributed by atoms with Crippen molar-refractivity contribution >= 4 is 11.7 Å². The first-order chi connectivity index (χ1) is 5.97. The summed E-state index contributed by atoms with van der Waals surface area (Å²) in [4.78, 5) is 14.4. The molecular weight excluding hydrogens is 172 g/mol. The summed E-state index contributed by atoms with van der Waals surface area (Å²) in [6.45, 7) is 4.69. The molecule has 0 saturated heterocycles. The van der Waals surface area contributed by atoms with E-state index in [1.165, 1.54) is 13.2 Å². The molecule has 0 aliphatic heterocycles. The number of nitrogens with zero attached hydrogens (tertiary/aromatic N) is 1. The van der Waals surface area contributed by atoms with Crippen LogP contribution < -0.4 is 5.73 Å². The Morgan fingerprint density at radius 2 is 2.23 bits per heavy atom. The lowest BCUT2D eigenvalue weighted by atomic mass is 10.3. The monoisotopic (exact) mass is 184 g/mol. The van der Waals surface area contributed by atoms with Crippen LogP contribution in [0.1, 0.15) is 6.92 Å². The molecule has 0 aromatic heterocycles. The maximum atomic E-state index is 11.0. The van der Waals surface area contributed by atoms with E-state index in [-0.39, 0.29) is 5.71 Å². The zero-order chi connectivity index (χ0) is 10.4. The van der Waals surface area contributed by atoms with E-state index in [1.54, 1.807) is 6.92 Å². The van der Waals surface area contributed by atoms with Crippen LogP contribution in [0.15, 0.2) is 29.2 Å². The van der Waals surface area contributed by atoms with Gasteiger partial charge in [0.1, 0.15) is 0 Å². The molecule has 0 aliphatic rings. The highest BCUT2D eigenvalue weighted by Crippen LogP contribution is 1.94. The smallest absolute Gasteiger partial charge is 0.356 e. The van der Waals surface area contributed by atoms with Crippen LogP contribution in [0.25, 0.3) is 0 Å². The number of nitrogens with two attached hydrogens (primary N) is 1. The van der Waals surface area contributed by atoms with Gasteiger partial charge in [0.25, 0.3) is 0 Å². The first-order valence-electron chi connectivity index (χ1n) is 3.46. The molecule has 0 aromatic carbocycles. The van der Waals surface area contributed by atoms with Crippen molar-refractivity contribution in [2.75, 3.05) is 7.11 Å². The molecule has 0 bridgehead atoms. The molecule has 0 atom stereocenters. The van der Waals surface area contributed by atoms with Gasteiger partial charge in [0.05, 0.1) is 7.11 Å². The quantitative estimate of drug-likeness (QED) is 0.380. The fraction of sp³-hybridized carbons (Fsp3) is 0.250. The van der Waals surface area contributed by atoms with Gasteiger partial charge in [-0.05, 0) is 19.6 Å². The number of hydrogen-bond donors (Lipinski definition) is 2. The van der Waals surface area contributed by atoms with Crippen LogP contribution in [0.3, 0.4) is 0 Å². The van der Waals surface area contributed by atoms with E-state index in [2.05, 4.69) is 16.3 Å². The van der Waals surface area contributed by atoms with E-state index >= 15 is 0 Å². The van der Waals surface area contributed by atoms with Gasteiger partial charge in [-0.1, -0.05) is 0 Å². The number of rotatable bonds is 3. The fourth-order valence-electron chi connectivity index (χ4n) is 0.596. The van der Waals surface area contributed by atoms with E-state index in [0.29, 0.717) is 5.70 Å². The van der Waals surface area contributed by atoms with Crippen LogP contribution >= 0.6 is 0 Å². The van der Waals surface area contributed by atoms with Crippen molar-refractivity contribution in [3.05, 3.63) is 24.2 Å². The molecule has 0 aromatic rings. The maximum Gasteiger partial charge on any atom is 0.356 e. The van der Waals surface area contributed by atoms with Crippen molar-refractivity contribution in [2.45, 2.75) is 6.92 Å². The van der Waals surface area contributed by atoms with E-state index < -0.39 is 11.9 Å². The van der Waals surface area contributed by atoms with Crippen molar-refractivity contribution < 1.29 is 14.6 Å². The summed E-state index contributed by atoms with van der Waals surface area (Å²) < 4.78 is 4.39. The van der Waals surface area contributed by atoms with Gasteiger partial charge in [0, 0.05) is 5.70 Å². The molecule has 5 nitrogen and oxygen atoms in total. The predicted molar refractivity (Wildman–Crippen MR) is 49.2 cm³/mol. The lowest BCUT2D eigenvalue weighted by Crippen LogP contribution is -2.15. The Bertz CT molecular complexity index is 275. The van der Waals surface area contributed by atoms with Gasteiger partial charge in [0.15, 0.2) is 5.71 Å². The number of carbonyl (C=O) groups excluding carboxylic acids is 1. The highest BCUT2D eigenvalue weighted by molar-refractivity contribution is 6.41. The molecule has 72 valence electrons. The molecule has 13 heavy (non-hydrogen) atoms. The highest BCUT2D eigenvalue weighted by Gasteiger charge is 2.08. The molecule has 0 aliphatic carbocycles. The van der Waals surface area contributed by atoms with Crippen molar-refractivity contribution in [3.8, 4) is 0 Å². The summed E-state index contributed by atoms with van der Waals surface area (Å²) in [6, 6.07) is 0. The summed E-state index contributed by atoms with van der Waals surface area (Å²) in [6.07, 6.45) is 1.28. The summed E-state index contributed by atoms with van der Waals surface area (Å²) in [5, 5.41) is 8.72. The molecule has 0 unspecified atom stereocenters. The number of allylic oxidation sites excluding steroid dienone is 1. The van der Waals surface area contributed by atoms with Crippen molar-refractivity contribution in [2.24, 2.45) is 10.7 Å². The number of aliphatic imine (C=N–C) groups is 1. The van der Waals surface area contributed by atoms with Crippen LogP contribution in [-0.4, -0.2) is 23.9 Å². The minimum Gasteiger partial charge on any atom is -0.494 e. The molecule has 0 spiro atoms. The topological polar surface area (TPSA) is 84.9 Å². The molecule has 0 rings (SSSR count). The van der Waals surface area contributed by atoms with Gasteiger partial charge >= 0.3 is 5.97 Å². The first kappa shape index (κ1) is 11.2. The Morgan fingerprint density at radius 1 is 1.69 bits per heavy atom. The fourth-order valence-corrected chi connectivity index (χ4v) is 0.596. The second-order valence-corrected chi connectivity index (χ2v) is 2.29. The van der Waals surface area contributed by atoms with Gasteiger partial charge in [-0.25, -0.2) is 9.79 Å². The Hall–Kier alpha value is -1.78. The van der Waals surface area contributed by atoms with Crippen LogP contribution in [0.5, 0.6) is 0 Å². The lowest BCUT2D eigenvalue weighted by molar-refractivity contribution is -0.132. The van der Waals surface area contributed by atoms with Crippen LogP contribution in [0, 0.1) is 0 Å². The number of esters is 1. The highest BCUT2D eigenvalue weighted by atomic mass is 16.5. The summed E-state index contributed by atoms with van der Waals surface area (Å²) in [5.41, 5.74) is 5.61. The van der Waals surface area contributed by atoms with E-state index in [1.807, 2.05) is 0 Å². The van der Waals surface area contributed by atoms with Gasteiger partial charge in [-0.2, -0.15) is 0 Å². The number of ether oxygens (including phenoxy) is 1. The molecule has 0 fully saturated rings. The largest absolute Gasteiger partial charge is 0.494 e.